The lowest BCUT2D eigenvalue weighted by Gasteiger charge is -2.26. The van der Waals surface area contributed by atoms with Crippen molar-refractivity contribution in [1.82, 2.24) is 19.3 Å². The average Bonchev–Trinajstić information content (AvgIpc) is 3.15. The van der Waals surface area contributed by atoms with Gasteiger partial charge in [0.1, 0.15) is 33.8 Å². The van der Waals surface area contributed by atoms with Crippen LogP contribution in [-0.2, 0) is 10.0 Å². The zero-order valence-electron chi connectivity index (χ0n) is 27.8. The number of hydrogen-bond donors (Lipinski definition) is 0. The Bertz CT molecular complexity index is 2270. The molecule has 3 aromatic carbocycles. The number of para-hydroxylation sites is 1. The maximum absolute atomic E-state index is 13.8. The summed E-state index contributed by atoms with van der Waals surface area (Å²) in [6, 6.07) is 23.3. The minimum atomic E-state index is -3.76. The Kier molecular flexibility index (Phi) is 10.2. The minimum absolute atomic E-state index is 0.0586. The first kappa shape index (κ1) is 33.9. The number of carbonyl (C=O) groups is 1. The third kappa shape index (κ3) is 7.02. The topological polar surface area (TPSA) is 121 Å². The van der Waals surface area contributed by atoms with Gasteiger partial charge in [0.15, 0.2) is 5.78 Å². The highest BCUT2D eigenvalue weighted by molar-refractivity contribution is 7.89. The SMILES string of the molecule is CCCCCC(=O)c1ccc([O][Al]([O]c2cccc3cccnc23)[O]c2ccc(S(=O)(=O)N3CCCCC3)c3cccnc23)c2ncccc12. The smallest absolute Gasteiger partial charge is 0.576 e. The summed E-state index contributed by atoms with van der Waals surface area (Å²) in [7, 11) is -3.76. The van der Waals surface area contributed by atoms with Gasteiger partial charge in [-0.3, -0.25) is 19.7 Å². The van der Waals surface area contributed by atoms with Gasteiger partial charge in [0.25, 0.3) is 0 Å². The van der Waals surface area contributed by atoms with E-state index >= 15 is 0 Å². The lowest BCUT2D eigenvalue weighted by molar-refractivity contribution is 0.0981. The monoisotopic (exact) mass is 704 g/mol. The van der Waals surface area contributed by atoms with Crippen molar-refractivity contribution < 1.29 is 24.6 Å². The molecule has 0 amide bonds. The van der Waals surface area contributed by atoms with Crippen molar-refractivity contribution in [3.63, 3.8) is 0 Å². The molecule has 0 spiro atoms. The van der Waals surface area contributed by atoms with E-state index < -0.39 is 25.2 Å². The summed E-state index contributed by atoms with van der Waals surface area (Å²) in [6.45, 7) is 3.09. The second-order valence-electron chi connectivity index (χ2n) is 12.3. The first-order chi connectivity index (χ1) is 24.4. The predicted octanol–water partition coefficient (Wildman–Crippen LogP) is 7.79. The number of fused-ring (bicyclic) bond motifs is 3. The largest absolute Gasteiger partial charge is 1.20 e. The van der Waals surface area contributed by atoms with Crippen molar-refractivity contribution in [3.8, 4) is 17.2 Å². The predicted molar refractivity (Wildman–Crippen MR) is 194 cm³/mol. The van der Waals surface area contributed by atoms with Crippen LogP contribution in [0.4, 0.5) is 0 Å². The standard InChI is InChI=1S/C15H17NO2.C14H16N2O3S.C9H7NO.Al/c1-2-3-4-7-13(17)11-8-9-14(18)15-12(11)6-5-10-16-15;17-12-6-7-13(11-5-4-8-15-14(11)12)20(18,19)16-9-2-1-3-10-16;11-8-5-1-3-7-4-2-6-10-9(7)8;/h5-6,8-10,18H,2-4,7H2,1H3;4-8,17H,1-3,9-10H2;1-6,11H;/q;;;+3/p-3. The molecule has 0 radical (unpaired) electrons. The van der Waals surface area contributed by atoms with E-state index in [1.165, 1.54) is 0 Å². The first-order valence-corrected chi connectivity index (χ1v) is 19.9. The van der Waals surface area contributed by atoms with Crippen LogP contribution < -0.4 is 11.4 Å². The van der Waals surface area contributed by atoms with Crippen LogP contribution in [0.15, 0.2) is 102 Å². The van der Waals surface area contributed by atoms with E-state index in [2.05, 4.69) is 21.9 Å². The molecule has 4 heterocycles. The van der Waals surface area contributed by atoms with E-state index in [0.717, 1.165) is 43.9 Å². The van der Waals surface area contributed by atoms with Gasteiger partial charge in [0.2, 0.25) is 10.0 Å². The van der Waals surface area contributed by atoms with Crippen molar-refractivity contribution in [3.05, 3.63) is 103 Å². The third-order valence-corrected chi connectivity index (χ3v) is 12.2. The molecule has 0 atom stereocenters. The van der Waals surface area contributed by atoms with Crippen LogP contribution in [0, 0.1) is 0 Å². The molecule has 1 fully saturated rings. The number of aromatic nitrogens is 3. The summed E-state index contributed by atoms with van der Waals surface area (Å²) in [5, 5.41) is 2.02. The van der Waals surface area contributed by atoms with E-state index in [4.69, 9.17) is 11.4 Å². The van der Waals surface area contributed by atoms with Gasteiger partial charge in [0.05, 0.1) is 4.90 Å². The van der Waals surface area contributed by atoms with E-state index in [1.54, 1.807) is 71.4 Å². The van der Waals surface area contributed by atoms with Crippen molar-refractivity contribution in [2.24, 2.45) is 0 Å². The number of unbranched alkanes of at least 4 members (excludes halogenated alkanes) is 2. The maximum atomic E-state index is 13.8. The highest BCUT2D eigenvalue weighted by Gasteiger charge is 2.46. The van der Waals surface area contributed by atoms with E-state index in [-0.39, 0.29) is 10.7 Å². The number of rotatable bonds is 13. The molecule has 0 unspecified atom stereocenters. The van der Waals surface area contributed by atoms with Crippen molar-refractivity contribution in [2.75, 3.05) is 13.1 Å². The average molecular weight is 705 g/mol. The van der Waals surface area contributed by atoms with Crippen LogP contribution in [0.2, 0.25) is 0 Å². The summed E-state index contributed by atoms with van der Waals surface area (Å²) >= 11 is -3.25. The highest BCUT2D eigenvalue weighted by Crippen LogP contribution is 2.34. The summed E-state index contributed by atoms with van der Waals surface area (Å²) < 4.78 is 48.9. The molecule has 0 saturated carbocycles. The zero-order valence-corrected chi connectivity index (χ0v) is 29.8. The maximum Gasteiger partial charge on any atom is 1.20 e. The quantitative estimate of drug-likeness (QED) is 0.0674. The normalized spacial score (nSPS) is 13.8. The summed E-state index contributed by atoms with van der Waals surface area (Å²) in [5.74, 6) is 1.25. The van der Waals surface area contributed by atoms with Gasteiger partial charge in [-0.2, -0.15) is 4.31 Å². The van der Waals surface area contributed by atoms with Gasteiger partial charge in [-0.1, -0.05) is 50.5 Å². The molecule has 254 valence electrons. The van der Waals surface area contributed by atoms with Gasteiger partial charge < -0.3 is 11.4 Å². The van der Waals surface area contributed by atoms with Crippen molar-refractivity contribution in [2.45, 2.75) is 56.8 Å². The lowest BCUT2D eigenvalue weighted by Crippen LogP contribution is -2.37. The van der Waals surface area contributed by atoms with Gasteiger partial charge in [-0.15, -0.1) is 0 Å². The number of sulfonamides is 1. The van der Waals surface area contributed by atoms with Crippen LogP contribution in [0.1, 0.15) is 62.2 Å². The number of carbonyl (C=O) groups excluding carboxylic acids is 1. The van der Waals surface area contributed by atoms with Crippen molar-refractivity contribution >= 4 is 63.7 Å². The Morgan fingerprint density at radius 1 is 0.700 bits per heavy atom. The molecule has 3 aromatic heterocycles. The Labute approximate surface area is 296 Å². The first-order valence-electron chi connectivity index (χ1n) is 17.1. The molecule has 1 aliphatic heterocycles. The van der Waals surface area contributed by atoms with Crippen LogP contribution in [0.3, 0.4) is 0 Å². The number of benzene rings is 3. The Balaban J connectivity index is 1.28. The lowest BCUT2D eigenvalue weighted by atomic mass is 10.00. The second-order valence-corrected chi connectivity index (χ2v) is 15.5. The Morgan fingerprint density at radius 3 is 2.02 bits per heavy atom. The summed E-state index contributed by atoms with van der Waals surface area (Å²) in [4.78, 5) is 27.1. The minimum Gasteiger partial charge on any atom is -0.576 e. The van der Waals surface area contributed by atoms with Gasteiger partial charge in [-0.25, -0.2) is 8.42 Å². The number of Topliss-reactive ketones (excluding diaryl/α,β-unsaturated/α-hetero) is 1. The number of hydrogen-bond acceptors (Lipinski definition) is 9. The van der Waals surface area contributed by atoms with Gasteiger partial charge in [-0.05, 0) is 73.9 Å². The number of piperidine rings is 1. The molecular formula is C38H37AlN4O6S. The Morgan fingerprint density at radius 2 is 1.30 bits per heavy atom. The molecule has 6 aromatic rings. The van der Waals surface area contributed by atoms with Crippen LogP contribution in [-0.4, -0.2) is 61.7 Å². The van der Waals surface area contributed by atoms with Gasteiger partial charge >= 0.3 is 15.1 Å². The number of nitrogens with zero attached hydrogens (tertiary/aromatic N) is 4. The molecule has 7 rings (SSSR count). The van der Waals surface area contributed by atoms with Gasteiger partial charge in [0, 0.05) is 59.8 Å². The number of pyridine rings is 3. The fourth-order valence-electron chi connectivity index (χ4n) is 6.39. The highest BCUT2D eigenvalue weighted by atomic mass is 32.2. The fourth-order valence-corrected chi connectivity index (χ4v) is 9.43. The van der Waals surface area contributed by atoms with E-state index in [0.29, 0.717) is 69.6 Å². The molecular weight excluding hydrogens is 667 g/mol. The zero-order chi connectivity index (χ0) is 34.5. The molecule has 0 N–H and O–H groups in total. The molecule has 50 heavy (non-hydrogen) atoms. The fraction of sp³-hybridized carbons (Fsp3) is 0.263. The molecule has 10 nitrogen and oxygen atoms in total. The summed E-state index contributed by atoms with van der Waals surface area (Å²) in [6.07, 6.45) is 10.9. The second kappa shape index (κ2) is 15.1. The van der Waals surface area contributed by atoms with Crippen LogP contribution in [0.5, 0.6) is 17.2 Å². The molecule has 1 saturated heterocycles. The molecule has 0 aliphatic carbocycles. The van der Waals surface area contributed by atoms with Crippen LogP contribution >= 0.6 is 0 Å². The summed E-state index contributed by atoms with van der Waals surface area (Å²) in [5.41, 5.74) is 2.13. The molecule has 0 bridgehead atoms. The van der Waals surface area contributed by atoms with Crippen LogP contribution in [0.25, 0.3) is 32.7 Å². The molecule has 1 aliphatic rings. The third-order valence-electron chi connectivity index (χ3n) is 8.93. The van der Waals surface area contributed by atoms with E-state index in [1.807, 2.05) is 30.3 Å². The van der Waals surface area contributed by atoms with E-state index in [9.17, 15) is 13.2 Å². The molecule has 12 heteroatoms. The number of ketones is 1. The van der Waals surface area contributed by atoms with Crippen molar-refractivity contribution in [1.29, 1.82) is 0 Å². The Hall–Kier alpha value is -4.60.